The summed E-state index contributed by atoms with van der Waals surface area (Å²) >= 11 is 0. The molecule has 19 heavy (non-hydrogen) atoms. The highest BCUT2D eigenvalue weighted by Gasteiger charge is 2.22. The quantitative estimate of drug-likeness (QED) is 0.834. The molecule has 1 aliphatic rings. The van der Waals surface area contributed by atoms with Crippen LogP contribution in [0.25, 0.3) is 11.4 Å². The zero-order chi connectivity index (χ0) is 13.2. The molecule has 1 aromatic heterocycles. The van der Waals surface area contributed by atoms with Crippen molar-refractivity contribution >= 4 is 5.69 Å². The van der Waals surface area contributed by atoms with Gasteiger partial charge in [-0.15, -0.1) is 0 Å². The lowest BCUT2D eigenvalue weighted by molar-refractivity contribution is 0.410. The molecular formula is C15H18N4. The number of hydrogen-bond acceptors (Lipinski definition) is 4. The van der Waals surface area contributed by atoms with Crippen molar-refractivity contribution in [3.8, 4) is 11.4 Å². The third-order valence-electron chi connectivity index (χ3n) is 3.63. The number of nitrogens with zero attached hydrogens (tertiary/aromatic N) is 3. The lowest BCUT2D eigenvalue weighted by Gasteiger charge is -2.11. The number of benzene rings is 1. The zero-order valence-corrected chi connectivity index (χ0v) is 11.1. The standard InChI is InChI=1S/C15H18N4/c1-19-8-6-12(10-19)14-5-7-17-15(18-14)11-3-2-4-13(16)9-11/h2-5,7,9,12H,6,8,10,16H2,1H3. The number of nitrogen functional groups attached to an aromatic ring is 1. The van der Waals surface area contributed by atoms with Crippen LogP contribution in [0, 0.1) is 0 Å². The van der Waals surface area contributed by atoms with E-state index in [1.54, 1.807) is 0 Å². The van der Waals surface area contributed by atoms with Gasteiger partial charge in [-0.05, 0) is 38.2 Å². The summed E-state index contributed by atoms with van der Waals surface area (Å²) < 4.78 is 0. The normalized spacial score (nSPS) is 19.7. The topological polar surface area (TPSA) is 55.0 Å². The second-order valence-electron chi connectivity index (χ2n) is 5.18. The number of hydrogen-bond donors (Lipinski definition) is 1. The minimum Gasteiger partial charge on any atom is -0.399 e. The highest BCUT2D eigenvalue weighted by atomic mass is 15.1. The SMILES string of the molecule is CN1CCC(c2ccnc(-c3cccc(N)c3)n2)C1. The van der Waals surface area contributed by atoms with E-state index in [2.05, 4.69) is 16.9 Å². The third kappa shape index (κ3) is 2.58. The highest BCUT2D eigenvalue weighted by molar-refractivity contribution is 5.60. The minimum atomic E-state index is 0.521. The second-order valence-corrected chi connectivity index (χ2v) is 5.18. The Morgan fingerprint density at radius 3 is 2.95 bits per heavy atom. The number of rotatable bonds is 2. The van der Waals surface area contributed by atoms with Crippen LogP contribution in [0.5, 0.6) is 0 Å². The summed E-state index contributed by atoms with van der Waals surface area (Å²) in [4.78, 5) is 11.4. The molecule has 0 aliphatic carbocycles. The van der Waals surface area contributed by atoms with E-state index in [-0.39, 0.29) is 0 Å². The fraction of sp³-hybridized carbons (Fsp3) is 0.333. The Morgan fingerprint density at radius 2 is 2.21 bits per heavy atom. The van der Waals surface area contributed by atoms with E-state index < -0.39 is 0 Å². The number of nitrogens with two attached hydrogens (primary N) is 1. The molecule has 98 valence electrons. The van der Waals surface area contributed by atoms with Crippen LogP contribution in [-0.2, 0) is 0 Å². The van der Waals surface area contributed by atoms with E-state index in [0.717, 1.165) is 35.9 Å². The Labute approximate surface area is 113 Å². The summed E-state index contributed by atoms with van der Waals surface area (Å²) in [6.07, 6.45) is 3.02. The van der Waals surface area contributed by atoms with Crippen LogP contribution in [0.2, 0.25) is 0 Å². The Balaban J connectivity index is 1.92. The van der Waals surface area contributed by atoms with Gasteiger partial charge in [0.1, 0.15) is 0 Å². The summed E-state index contributed by atoms with van der Waals surface area (Å²) in [5.74, 6) is 1.28. The fourth-order valence-electron chi connectivity index (χ4n) is 2.59. The molecule has 0 bridgehead atoms. The summed E-state index contributed by atoms with van der Waals surface area (Å²) in [6.45, 7) is 2.22. The average Bonchev–Trinajstić information content (AvgIpc) is 2.86. The molecule has 4 nitrogen and oxygen atoms in total. The number of likely N-dealkylation sites (N-methyl/N-ethyl adjacent to an activating group) is 1. The van der Waals surface area contributed by atoms with Gasteiger partial charge in [-0.1, -0.05) is 12.1 Å². The molecule has 0 radical (unpaired) electrons. The fourth-order valence-corrected chi connectivity index (χ4v) is 2.59. The molecule has 0 saturated carbocycles. The Kier molecular flexibility index (Phi) is 3.17. The molecule has 3 rings (SSSR count). The van der Waals surface area contributed by atoms with Crippen molar-refractivity contribution in [2.45, 2.75) is 12.3 Å². The van der Waals surface area contributed by atoms with Crippen LogP contribution in [-0.4, -0.2) is 35.0 Å². The molecule has 1 saturated heterocycles. The van der Waals surface area contributed by atoms with Gasteiger partial charge >= 0.3 is 0 Å². The predicted molar refractivity (Wildman–Crippen MR) is 76.7 cm³/mol. The first-order valence-corrected chi connectivity index (χ1v) is 6.60. The van der Waals surface area contributed by atoms with Crippen molar-refractivity contribution in [1.82, 2.24) is 14.9 Å². The van der Waals surface area contributed by atoms with Crippen LogP contribution in [0.4, 0.5) is 5.69 Å². The molecule has 1 aliphatic heterocycles. The van der Waals surface area contributed by atoms with E-state index in [0.29, 0.717) is 5.92 Å². The molecule has 2 heterocycles. The minimum absolute atomic E-state index is 0.521. The Morgan fingerprint density at radius 1 is 1.32 bits per heavy atom. The molecule has 1 atom stereocenters. The predicted octanol–water partition coefficient (Wildman–Crippen LogP) is 2.14. The summed E-state index contributed by atoms with van der Waals surface area (Å²) in [5, 5.41) is 0. The molecule has 2 N–H and O–H groups in total. The maximum Gasteiger partial charge on any atom is 0.159 e. The van der Waals surface area contributed by atoms with Crippen molar-refractivity contribution < 1.29 is 0 Å². The van der Waals surface area contributed by atoms with Crippen molar-refractivity contribution in [2.24, 2.45) is 0 Å². The maximum atomic E-state index is 5.81. The van der Waals surface area contributed by atoms with E-state index in [4.69, 9.17) is 10.7 Å². The zero-order valence-electron chi connectivity index (χ0n) is 11.1. The van der Waals surface area contributed by atoms with E-state index >= 15 is 0 Å². The van der Waals surface area contributed by atoms with Crippen molar-refractivity contribution in [1.29, 1.82) is 0 Å². The number of likely N-dealkylation sites (tertiary alicyclic amines) is 1. The van der Waals surface area contributed by atoms with Gasteiger partial charge in [-0.3, -0.25) is 0 Å². The van der Waals surface area contributed by atoms with Crippen molar-refractivity contribution in [3.05, 3.63) is 42.2 Å². The molecule has 4 heteroatoms. The molecule has 0 spiro atoms. The monoisotopic (exact) mass is 254 g/mol. The van der Waals surface area contributed by atoms with Gasteiger partial charge in [-0.25, -0.2) is 9.97 Å². The third-order valence-corrected chi connectivity index (χ3v) is 3.63. The molecule has 0 amide bonds. The smallest absolute Gasteiger partial charge is 0.159 e. The highest BCUT2D eigenvalue weighted by Crippen LogP contribution is 2.26. The molecule has 1 unspecified atom stereocenters. The number of aromatic nitrogens is 2. The van der Waals surface area contributed by atoms with Gasteiger partial charge in [-0.2, -0.15) is 0 Å². The first-order valence-electron chi connectivity index (χ1n) is 6.60. The molecule has 1 aromatic carbocycles. The van der Waals surface area contributed by atoms with E-state index in [9.17, 15) is 0 Å². The van der Waals surface area contributed by atoms with Crippen LogP contribution in [0.15, 0.2) is 36.5 Å². The average molecular weight is 254 g/mol. The lowest BCUT2D eigenvalue weighted by atomic mass is 10.0. The summed E-state index contributed by atoms with van der Waals surface area (Å²) in [6, 6.07) is 9.75. The van der Waals surface area contributed by atoms with Crippen molar-refractivity contribution in [3.63, 3.8) is 0 Å². The van der Waals surface area contributed by atoms with E-state index in [1.807, 2.05) is 36.5 Å². The van der Waals surface area contributed by atoms with Gasteiger partial charge in [0.25, 0.3) is 0 Å². The van der Waals surface area contributed by atoms with Gasteiger partial charge in [0.15, 0.2) is 5.82 Å². The summed E-state index contributed by atoms with van der Waals surface area (Å²) in [5.41, 5.74) is 8.67. The largest absolute Gasteiger partial charge is 0.399 e. The van der Waals surface area contributed by atoms with Gasteiger partial charge < -0.3 is 10.6 Å². The number of anilines is 1. The molecule has 2 aromatic rings. The van der Waals surface area contributed by atoms with Gasteiger partial charge in [0.2, 0.25) is 0 Å². The Hall–Kier alpha value is -1.94. The first-order chi connectivity index (χ1) is 9.22. The van der Waals surface area contributed by atoms with E-state index in [1.165, 1.54) is 6.42 Å². The molecule has 1 fully saturated rings. The maximum absolute atomic E-state index is 5.81. The van der Waals surface area contributed by atoms with Crippen LogP contribution >= 0.6 is 0 Å². The van der Waals surface area contributed by atoms with Crippen LogP contribution < -0.4 is 5.73 Å². The Bertz CT molecular complexity index is 582. The lowest BCUT2D eigenvalue weighted by Crippen LogP contribution is -2.14. The van der Waals surface area contributed by atoms with Crippen LogP contribution in [0.3, 0.4) is 0 Å². The van der Waals surface area contributed by atoms with Crippen molar-refractivity contribution in [2.75, 3.05) is 25.9 Å². The first kappa shape index (κ1) is 12.1. The van der Waals surface area contributed by atoms with Gasteiger partial charge in [0.05, 0.1) is 0 Å². The van der Waals surface area contributed by atoms with Crippen LogP contribution in [0.1, 0.15) is 18.0 Å². The van der Waals surface area contributed by atoms with Gasteiger partial charge in [0, 0.05) is 35.6 Å². The molecular weight excluding hydrogens is 236 g/mol. The second kappa shape index (κ2) is 4.97. The summed E-state index contributed by atoms with van der Waals surface area (Å²) in [7, 11) is 2.15.